The first kappa shape index (κ1) is 7.98. The van der Waals surface area contributed by atoms with E-state index in [4.69, 9.17) is 0 Å². The summed E-state index contributed by atoms with van der Waals surface area (Å²) in [6.07, 6.45) is 10.7. The van der Waals surface area contributed by atoms with Crippen LogP contribution in [0.3, 0.4) is 0 Å². The van der Waals surface area contributed by atoms with Crippen LogP contribution < -0.4 is 0 Å². The molecule has 0 heterocycles. The zero-order valence-electron chi connectivity index (χ0n) is 6.83. The first-order chi connectivity index (χ1) is 5.29. The normalized spacial score (nSPS) is 47.6. The molecule has 4 atom stereocenters. The van der Waals surface area contributed by atoms with Crippen molar-refractivity contribution < 1.29 is 24.7 Å². The van der Waals surface area contributed by atoms with Gasteiger partial charge in [0.25, 0.3) is 0 Å². The standard InChI is InChI=1S/C10H13.Zr/c1-8-6-9-4-2-3-5-10(9)7-8;/h2-6,8-10H,7H2,1H3;. The van der Waals surface area contributed by atoms with Crippen molar-refractivity contribution in [3.05, 3.63) is 24.3 Å². The van der Waals surface area contributed by atoms with Crippen molar-refractivity contribution in [2.24, 2.45) is 17.8 Å². The summed E-state index contributed by atoms with van der Waals surface area (Å²) in [5.74, 6) is 2.71. The molecule has 1 saturated carbocycles. The third-order valence-electron chi connectivity index (χ3n) is 2.97. The van der Waals surface area contributed by atoms with Crippen LogP contribution in [0.5, 0.6) is 0 Å². The molecule has 0 aromatic rings. The van der Waals surface area contributed by atoms with Gasteiger partial charge in [0.05, 0.1) is 0 Å². The Kier molecular flexibility index (Phi) is 2.19. The molecule has 2 aliphatic rings. The Morgan fingerprint density at radius 2 is 2.00 bits per heavy atom. The van der Waals surface area contributed by atoms with Gasteiger partial charge in [-0.2, -0.15) is 0 Å². The van der Waals surface area contributed by atoms with Crippen molar-refractivity contribution in [1.82, 2.24) is 0 Å². The van der Waals surface area contributed by atoms with Crippen LogP contribution in [-0.2, 0) is 24.7 Å². The SMILES string of the molecule is CC1CC2C=CC=CC2[CH]1[Zr]. The van der Waals surface area contributed by atoms with Crippen LogP contribution in [0.25, 0.3) is 0 Å². The van der Waals surface area contributed by atoms with Crippen LogP contribution in [0.1, 0.15) is 13.3 Å². The topological polar surface area (TPSA) is 0 Å². The van der Waals surface area contributed by atoms with E-state index in [1.807, 2.05) is 0 Å². The number of hydrogen-bond acceptors (Lipinski definition) is 0. The minimum atomic E-state index is 0.874. The molecule has 4 unspecified atom stereocenters. The molecule has 2 aliphatic carbocycles. The van der Waals surface area contributed by atoms with E-state index in [1.165, 1.54) is 6.42 Å². The van der Waals surface area contributed by atoms with Crippen molar-refractivity contribution in [2.45, 2.75) is 17.0 Å². The molecule has 0 bridgehead atoms. The van der Waals surface area contributed by atoms with Crippen LogP contribution in [0, 0.1) is 17.8 Å². The summed E-state index contributed by atoms with van der Waals surface area (Å²) in [7, 11) is 0. The van der Waals surface area contributed by atoms with Crippen LogP contribution in [-0.4, -0.2) is 0 Å². The summed E-state index contributed by atoms with van der Waals surface area (Å²) in [5.41, 5.74) is 0. The third-order valence-corrected chi connectivity index (χ3v) is 5.31. The van der Waals surface area contributed by atoms with Crippen molar-refractivity contribution in [1.29, 1.82) is 0 Å². The fourth-order valence-corrected chi connectivity index (χ4v) is 3.46. The maximum atomic E-state index is 2.41. The average Bonchev–Trinajstić information content (AvgIpc) is 2.30. The molecule has 1 heteroatoms. The number of hydrogen-bond donors (Lipinski definition) is 0. The predicted octanol–water partition coefficient (Wildman–Crippen LogP) is 2.72. The Balaban J connectivity index is 2.20. The molecule has 57 valence electrons. The summed E-state index contributed by atoms with van der Waals surface area (Å²) in [5, 5.41) is 0. The minimum absolute atomic E-state index is 0.874. The van der Waals surface area contributed by atoms with Gasteiger partial charge in [0.1, 0.15) is 0 Å². The van der Waals surface area contributed by atoms with E-state index in [-0.39, 0.29) is 0 Å². The average molecular weight is 224 g/mol. The number of fused-ring (bicyclic) bond motifs is 1. The van der Waals surface area contributed by atoms with E-state index in [0.29, 0.717) is 0 Å². The molecule has 1 fully saturated rings. The number of rotatable bonds is 0. The molecule has 0 saturated heterocycles. The Morgan fingerprint density at radius 3 is 2.73 bits per heavy atom. The molecule has 0 aliphatic heterocycles. The zero-order chi connectivity index (χ0) is 7.84. The first-order valence-corrected chi connectivity index (χ1v) is 5.77. The molecule has 0 spiro atoms. The van der Waals surface area contributed by atoms with Gasteiger partial charge in [0.15, 0.2) is 0 Å². The molecule has 0 aromatic carbocycles. The van der Waals surface area contributed by atoms with Crippen molar-refractivity contribution in [3.8, 4) is 0 Å². The molecule has 0 aromatic heterocycles. The quantitative estimate of drug-likeness (QED) is 0.593. The van der Waals surface area contributed by atoms with Crippen molar-refractivity contribution in [2.75, 3.05) is 0 Å². The van der Waals surface area contributed by atoms with E-state index in [0.717, 1.165) is 21.4 Å². The van der Waals surface area contributed by atoms with E-state index >= 15 is 0 Å². The van der Waals surface area contributed by atoms with E-state index < -0.39 is 0 Å². The Labute approximate surface area is 83.6 Å². The summed E-state index contributed by atoms with van der Waals surface area (Å²) in [6.45, 7) is 2.40. The molecule has 0 amide bonds. The van der Waals surface area contributed by atoms with Crippen molar-refractivity contribution in [3.63, 3.8) is 0 Å². The van der Waals surface area contributed by atoms with Gasteiger partial charge in [-0.15, -0.1) is 0 Å². The second-order valence-electron chi connectivity index (χ2n) is 3.75. The Bertz CT molecular complexity index is 205. The summed E-state index contributed by atoms with van der Waals surface area (Å²) in [6, 6.07) is 0. The molecular formula is C10H13Zr. The summed E-state index contributed by atoms with van der Waals surface area (Å²) < 4.78 is 0.980. The zero-order valence-corrected chi connectivity index (χ0v) is 9.28. The molecule has 0 nitrogen and oxygen atoms in total. The van der Waals surface area contributed by atoms with Crippen LogP contribution in [0.2, 0.25) is 3.63 Å². The fourth-order valence-electron chi connectivity index (χ4n) is 2.25. The predicted molar refractivity (Wildman–Crippen MR) is 42.8 cm³/mol. The summed E-state index contributed by atoms with van der Waals surface area (Å²) in [4.78, 5) is 0. The van der Waals surface area contributed by atoms with E-state index in [1.54, 1.807) is 24.7 Å². The third kappa shape index (κ3) is 1.33. The van der Waals surface area contributed by atoms with E-state index in [2.05, 4.69) is 31.2 Å². The van der Waals surface area contributed by atoms with Gasteiger partial charge in [-0.25, -0.2) is 0 Å². The molecule has 11 heavy (non-hydrogen) atoms. The second-order valence-corrected chi connectivity index (χ2v) is 5.39. The van der Waals surface area contributed by atoms with Gasteiger partial charge in [-0.3, -0.25) is 0 Å². The Morgan fingerprint density at radius 1 is 1.27 bits per heavy atom. The van der Waals surface area contributed by atoms with Crippen LogP contribution in [0.4, 0.5) is 0 Å². The maximum absolute atomic E-state index is 2.41. The monoisotopic (exact) mass is 223 g/mol. The van der Waals surface area contributed by atoms with Crippen LogP contribution in [0.15, 0.2) is 24.3 Å². The van der Waals surface area contributed by atoms with Gasteiger partial charge < -0.3 is 0 Å². The van der Waals surface area contributed by atoms with E-state index in [9.17, 15) is 0 Å². The molecule has 0 radical (unpaired) electrons. The first-order valence-electron chi connectivity index (χ1n) is 4.35. The van der Waals surface area contributed by atoms with Gasteiger partial charge in [0.2, 0.25) is 0 Å². The van der Waals surface area contributed by atoms with Gasteiger partial charge in [0, 0.05) is 0 Å². The number of allylic oxidation sites excluding steroid dienone is 4. The van der Waals surface area contributed by atoms with Gasteiger partial charge in [-0.1, -0.05) is 0 Å². The van der Waals surface area contributed by atoms with Gasteiger partial charge in [-0.05, 0) is 0 Å². The summed E-state index contributed by atoms with van der Waals surface area (Å²) >= 11 is 1.73. The fraction of sp³-hybridized carbons (Fsp3) is 0.600. The molecular weight excluding hydrogens is 211 g/mol. The Hall–Kier alpha value is 0.363. The molecule has 2 rings (SSSR count). The van der Waals surface area contributed by atoms with Crippen molar-refractivity contribution >= 4 is 0 Å². The second kappa shape index (κ2) is 3.01. The van der Waals surface area contributed by atoms with Crippen LogP contribution >= 0.6 is 0 Å². The molecule has 0 N–H and O–H groups in total. The van der Waals surface area contributed by atoms with Gasteiger partial charge >= 0.3 is 83.7 Å².